The molecule has 2 amide bonds. The molecule has 1 atom stereocenters. The van der Waals surface area contributed by atoms with Crippen LogP contribution in [0, 0.1) is 5.92 Å². The highest BCUT2D eigenvalue weighted by atomic mass is 32.2. The largest absolute Gasteiger partial charge is 0.444 e. The summed E-state index contributed by atoms with van der Waals surface area (Å²) in [6, 6.07) is 6.18. The monoisotopic (exact) mass is 541 g/mol. The molecular formula is C24H39N5O5S2. The molecule has 2 aliphatic rings. The number of ether oxygens (including phenoxy) is 1. The van der Waals surface area contributed by atoms with Crippen LogP contribution in [0.25, 0.3) is 0 Å². The van der Waals surface area contributed by atoms with E-state index in [4.69, 9.17) is 4.74 Å². The maximum absolute atomic E-state index is 13.2. The number of anilines is 2. The van der Waals surface area contributed by atoms with Crippen molar-refractivity contribution in [2.24, 2.45) is 5.92 Å². The van der Waals surface area contributed by atoms with E-state index in [1.54, 1.807) is 22.4 Å². The van der Waals surface area contributed by atoms with Gasteiger partial charge in [0.15, 0.2) is 5.13 Å². The first-order chi connectivity index (χ1) is 17.0. The summed E-state index contributed by atoms with van der Waals surface area (Å²) >= 11 is 1.20. The van der Waals surface area contributed by atoms with Crippen LogP contribution >= 0.6 is 11.3 Å². The summed E-state index contributed by atoms with van der Waals surface area (Å²) in [5.41, 5.74) is 0.169. The number of alkyl carbamates (subject to hydrolysis) is 1. The Kier molecular flexibility index (Phi) is 7.86. The molecule has 202 valence electrons. The molecule has 0 bridgehead atoms. The molecule has 0 aliphatic carbocycles. The third-order valence-electron chi connectivity index (χ3n) is 6.31. The molecule has 1 aromatic carbocycles. The van der Waals surface area contributed by atoms with Gasteiger partial charge in [-0.05, 0) is 83.3 Å². The van der Waals surface area contributed by atoms with Crippen molar-refractivity contribution in [1.82, 2.24) is 15.2 Å². The van der Waals surface area contributed by atoms with Gasteiger partial charge in [-0.1, -0.05) is 0 Å². The quantitative estimate of drug-likeness (QED) is 0.543. The molecule has 2 fully saturated rings. The van der Waals surface area contributed by atoms with E-state index in [1.807, 2.05) is 20.8 Å². The van der Waals surface area contributed by atoms with E-state index in [-0.39, 0.29) is 21.1 Å². The second kappa shape index (κ2) is 10.7. The number of amides is 2. The van der Waals surface area contributed by atoms with E-state index in [0.717, 1.165) is 32.4 Å². The Hall–Kier alpha value is -2.70. The number of benzene rings is 1. The number of likely N-dealkylation sites (tertiary alicyclic amines) is 1. The molecule has 1 aromatic heterocycles. The van der Waals surface area contributed by atoms with E-state index in [2.05, 4.69) is 19.9 Å². The SMILES string of the molecule is CC(C)(C)OC(=O)NCC1CCN([C@H]2CCN(c3ccc(S(=O)(=O)Nc4nccs4)cc3)C2=O)CC1.[HH].[HH].[HH]. The normalized spacial score (nSPS) is 19.9. The van der Waals surface area contributed by atoms with Crippen LogP contribution in [-0.2, 0) is 19.6 Å². The number of sulfonamides is 1. The van der Waals surface area contributed by atoms with Gasteiger partial charge in [-0.25, -0.2) is 18.2 Å². The van der Waals surface area contributed by atoms with Gasteiger partial charge in [0.2, 0.25) is 5.91 Å². The summed E-state index contributed by atoms with van der Waals surface area (Å²) in [7, 11) is -3.74. The number of hydrogen-bond donors (Lipinski definition) is 2. The van der Waals surface area contributed by atoms with E-state index >= 15 is 0 Å². The minimum atomic E-state index is -3.74. The smallest absolute Gasteiger partial charge is 0.407 e. The standard InChI is InChI=1S/C24H33N5O5S2.3H2/c1-24(2,3)34-23(31)26-16-17-8-12-28(13-9-17)20-10-14-29(21(20)30)18-4-6-19(7-5-18)36(32,33)27-22-25-11-15-35-22;;;/h4-7,11,15,17,20H,8-10,12-14,16H2,1-3H3,(H,25,27)(H,26,31);3*1H/t20-;;;/m0.../s1. The molecule has 0 unspecified atom stereocenters. The minimum Gasteiger partial charge on any atom is -0.444 e. The molecule has 2 saturated heterocycles. The molecule has 4 rings (SSSR count). The van der Waals surface area contributed by atoms with Crippen LogP contribution in [0.3, 0.4) is 0 Å². The zero-order chi connectivity index (χ0) is 25.9. The first-order valence-electron chi connectivity index (χ1n) is 12.1. The van der Waals surface area contributed by atoms with Gasteiger partial charge in [0, 0.05) is 34.6 Å². The summed E-state index contributed by atoms with van der Waals surface area (Å²) in [6.07, 6.45) is 3.66. The summed E-state index contributed by atoms with van der Waals surface area (Å²) in [4.78, 5) is 33.1. The van der Waals surface area contributed by atoms with E-state index < -0.39 is 21.7 Å². The average Bonchev–Trinajstić information content (AvgIpc) is 3.46. The number of nitrogens with zero attached hydrogens (tertiary/aromatic N) is 3. The lowest BCUT2D eigenvalue weighted by Crippen LogP contribution is -2.47. The van der Waals surface area contributed by atoms with Gasteiger partial charge in [0.1, 0.15) is 5.60 Å². The van der Waals surface area contributed by atoms with Gasteiger partial charge in [0.25, 0.3) is 10.0 Å². The summed E-state index contributed by atoms with van der Waals surface area (Å²) in [5.74, 6) is 0.394. The Morgan fingerprint density at radius 2 is 1.86 bits per heavy atom. The highest BCUT2D eigenvalue weighted by Crippen LogP contribution is 2.29. The molecule has 36 heavy (non-hydrogen) atoms. The number of thiazole rings is 1. The molecule has 12 heteroatoms. The predicted molar refractivity (Wildman–Crippen MR) is 145 cm³/mol. The third-order valence-corrected chi connectivity index (χ3v) is 8.49. The number of aromatic nitrogens is 1. The van der Waals surface area contributed by atoms with Crippen molar-refractivity contribution < 1.29 is 27.0 Å². The van der Waals surface area contributed by atoms with Crippen molar-refractivity contribution >= 4 is 44.2 Å². The van der Waals surface area contributed by atoms with E-state index in [1.165, 1.54) is 29.7 Å². The number of hydrogen-bond acceptors (Lipinski definition) is 8. The van der Waals surface area contributed by atoms with Crippen LogP contribution in [0.4, 0.5) is 15.6 Å². The Bertz CT molecular complexity index is 1170. The molecule has 0 spiro atoms. The Morgan fingerprint density at radius 3 is 2.47 bits per heavy atom. The van der Waals surface area contributed by atoms with Crippen molar-refractivity contribution in [1.29, 1.82) is 0 Å². The fraction of sp³-hybridized carbons (Fsp3) is 0.542. The van der Waals surface area contributed by atoms with Gasteiger partial charge in [0.05, 0.1) is 10.9 Å². The fourth-order valence-corrected chi connectivity index (χ4v) is 6.31. The fourth-order valence-electron chi connectivity index (χ4n) is 4.52. The Morgan fingerprint density at radius 1 is 1.17 bits per heavy atom. The molecule has 0 radical (unpaired) electrons. The summed E-state index contributed by atoms with van der Waals surface area (Å²) in [5, 5.41) is 4.85. The van der Waals surface area contributed by atoms with Crippen molar-refractivity contribution in [3.05, 3.63) is 35.8 Å². The van der Waals surface area contributed by atoms with Crippen LogP contribution < -0.4 is 14.9 Å². The van der Waals surface area contributed by atoms with Crippen molar-refractivity contribution in [3.63, 3.8) is 0 Å². The van der Waals surface area contributed by atoms with Crippen LogP contribution in [0.1, 0.15) is 44.3 Å². The number of rotatable bonds is 7. The first kappa shape index (κ1) is 26.4. The maximum Gasteiger partial charge on any atom is 0.407 e. The zero-order valence-electron chi connectivity index (χ0n) is 20.8. The molecule has 0 saturated carbocycles. The van der Waals surface area contributed by atoms with Crippen LogP contribution in [-0.4, -0.2) is 68.1 Å². The van der Waals surface area contributed by atoms with Gasteiger partial charge in [-0.3, -0.25) is 14.4 Å². The zero-order valence-corrected chi connectivity index (χ0v) is 22.4. The van der Waals surface area contributed by atoms with Crippen molar-refractivity contribution in [3.8, 4) is 0 Å². The lowest BCUT2D eigenvalue weighted by atomic mass is 9.95. The molecule has 10 nitrogen and oxygen atoms in total. The van der Waals surface area contributed by atoms with E-state index in [9.17, 15) is 18.0 Å². The van der Waals surface area contributed by atoms with Crippen LogP contribution in [0.15, 0.2) is 40.7 Å². The number of carbonyl (C=O) groups excluding carboxylic acids is 2. The molecule has 2 aliphatic heterocycles. The second-order valence-corrected chi connectivity index (χ2v) is 12.7. The Labute approximate surface area is 220 Å². The molecule has 2 N–H and O–H groups in total. The first-order valence-corrected chi connectivity index (χ1v) is 14.4. The highest BCUT2D eigenvalue weighted by Gasteiger charge is 2.38. The lowest BCUT2D eigenvalue weighted by Gasteiger charge is -2.35. The predicted octanol–water partition coefficient (Wildman–Crippen LogP) is 4.02. The third kappa shape index (κ3) is 6.54. The molecule has 3 heterocycles. The van der Waals surface area contributed by atoms with Gasteiger partial charge >= 0.3 is 6.09 Å². The number of nitrogens with one attached hydrogen (secondary N) is 2. The van der Waals surface area contributed by atoms with Crippen LogP contribution in [0.2, 0.25) is 0 Å². The second-order valence-electron chi connectivity index (χ2n) is 10.1. The average molecular weight is 542 g/mol. The molecular weight excluding hydrogens is 502 g/mol. The van der Waals surface area contributed by atoms with Gasteiger partial charge < -0.3 is 15.0 Å². The number of carbonyl (C=O) groups is 2. The van der Waals surface area contributed by atoms with Gasteiger partial charge in [-0.15, -0.1) is 11.3 Å². The lowest BCUT2D eigenvalue weighted by molar-refractivity contribution is -0.122. The summed E-state index contributed by atoms with van der Waals surface area (Å²) < 4.78 is 32.9. The van der Waals surface area contributed by atoms with Crippen LogP contribution in [0.5, 0.6) is 0 Å². The minimum absolute atomic E-state index is 0. The number of piperidine rings is 1. The Balaban J connectivity index is 0.00000253. The maximum atomic E-state index is 13.2. The molecule has 2 aromatic rings. The van der Waals surface area contributed by atoms with Gasteiger partial charge in [-0.2, -0.15) is 0 Å². The van der Waals surface area contributed by atoms with Crippen molar-refractivity contribution in [2.45, 2.75) is 56.6 Å². The topological polar surface area (TPSA) is 121 Å². The van der Waals surface area contributed by atoms with E-state index in [0.29, 0.717) is 29.8 Å². The summed E-state index contributed by atoms with van der Waals surface area (Å²) in [6.45, 7) is 8.27. The highest BCUT2D eigenvalue weighted by molar-refractivity contribution is 7.93. The van der Waals surface area contributed by atoms with Crippen molar-refractivity contribution in [2.75, 3.05) is 35.8 Å².